The Labute approximate surface area is 141 Å². The van der Waals surface area contributed by atoms with Crippen molar-refractivity contribution < 1.29 is 14.3 Å². The number of hydrogen-bond donors (Lipinski definition) is 0. The first kappa shape index (κ1) is 17.3. The quantitative estimate of drug-likeness (QED) is 0.314. The summed E-state index contributed by atoms with van der Waals surface area (Å²) in [5, 5.41) is 1.07. The molecule has 2 rings (SSSR count). The fraction of sp³-hybridized carbons (Fsp3) is 0.611. The summed E-state index contributed by atoms with van der Waals surface area (Å²) in [6.07, 6.45) is 7.69. The van der Waals surface area contributed by atoms with Gasteiger partial charge in [0, 0.05) is 10.9 Å². The second-order valence-electron chi connectivity index (χ2n) is 5.74. The Bertz CT molecular complexity index is 487. The standard InChI is InChI=1S/C18H25BrO3/c1-2-3-8-17-15-10-9-14(13-16(15)18(20)22-17)21-12-7-5-4-6-11-19/h9-10,13,17H,2-8,11-12H2,1H3. The molecular formula is C18H25BrO3. The number of ether oxygens (including phenoxy) is 2. The van der Waals surface area contributed by atoms with Gasteiger partial charge in [-0.15, -0.1) is 0 Å². The van der Waals surface area contributed by atoms with Crippen LogP contribution in [0.15, 0.2) is 18.2 Å². The van der Waals surface area contributed by atoms with Crippen molar-refractivity contribution in [3.05, 3.63) is 29.3 Å². The fourth-order valence-corrected chi connectivity index (χ4v) is 3.08. The minimum atomic E-state index is -0.209. The van der Waals surface area contributed by atoms with Crippen LogP contribution in [-0.2, 0) is 4.74 Å². The number of fused-ring (bicyclic) bond motifs is 1. The zero-order chi connectivity index (χ0) is 15.8. The van der Waals surface area contributed by atoms with Crippen molar-refractivity contribution in [2.24, 2.45) is 0 Å². The lowest BCUT2D eigenvalue weighted by Crippen LogP contribution is -1.99. The molecule has 22 heavy (non-hydrogen) atoms. The number of carbonyl (C=O) groups excluding carboxylic acids is 1. The van der Waals surface area contributed by atoms with Crippen molar-refractivity contribution in [3.8, 4) is 5.75 Å². The molecule has 0 fully saturated rings. The third-order valence-corrected chi connectivity index (χ3v) is 4.52. The first-order valence-electron chi connectivity index (χ1n) is 8.30. The maximum absolute atomic E-state index is 12.0. The lowest BCUT2D eigenvalue weighted by Gasteiger charge is -2.10. The predicted octanol–water partition coefficient (Wildman–Crippen LogP) is 5.42. The van der Waals surface area contributed by atoms with Gasteiger partial charge in [0.05, 0.1) is 12.2 Å². The monoisotopic (exact) mass is 368 g/mol. The van der Waals surface area contributed by atoms with Crippen LogP contribution in [-0.4, -0.2) is 17.9 Å². The third kappa shape index (κ3) is 4.73. The Morgan fingerprint density at radius 3 is 2.77 bits per heavy atom. The number of benzene rings is 1. The van der Waals surface area contributed by atoms with Crippen LogP contribution < -0.4 is 4.74 Å². The molecule has 0 radical (unpaired) electrons. The number of carbonyl (C=O) groups is 1. The number of cyclic esters (lactones) is 1. The molecule has 1 aromatic carbocycles. The van der Waals surface area contributed by atoms with Crippen LogP contribution in [0.5, 0.6) is 5.75 Å². The second kappa shape index (κ2) is 9.19. The minimum absolute atomic E-state index is 0.0687. The van der Waals surface area contributed by atoms with Gasteiger partial charge in [0.2, 0.25) is 0 Å². The summed E-state index contributed by atoms with van der Waals surface area (Å²) >= 11 is 3.43. The van der Waals surface area contributed by atoms with Gasteiger partial charge >= 0.3 is 5.97 Å². The lowest BCUT2D eigenvalue weighted by molar-refractivity contribution is 0.0364. The number of rotatable bonds is 10. The Hall–Kier alpha value is -1.03. The lowest BCUT2D eigenvalue weighted by atomic mass is 10.0. The van der Waals surface area contributed by atoms with E-state index in [1.54, 1.807) is 0 Å². The second-order valence-corrected chi connectivity index (χ2v) is 6.53. The molecule has 0 spiro atoms. The Kier molecular flexibility index (Phi) is 7.23. The van der Waals surface area contributed by atoms with E-state index in [2.05, 4.69) is 22.9 Å². The van der Waals surface area contributed by atoms with E-state index in [1.165, 1.54) is 19.3 Å². The van der Waals surface area contributed by atoms with Gasteiger partial charge < -0.3 is 9.47 Å². The molecule has 4 heteroatoms. The number of halogens is 1. The summed E-state index contributed by atoms with van der Waals surface area (Å²) in [6, 6.07) is 5.78. The van der Waals surface area contributed by atoms with Gasteiger partial charge in [0.25, 0.3) is 0 Å². The zero-order valence-corrected chi connectivity index (χ0v) is 14.9. The SMILES string of the molecule is CCCCC1OC(=O)c2cc(OCCCCCCBr)ccc21. The molecule has 0 saturated heterocycles. The Balaban J connectivity index is 1.86. The summed E-state index contributed by atoms with van der Waals surface area (Å²) in [4.78, 5) is 12.0. The van der Waals surface area contributed by atoms with Crippen LogP contribution in [0.3, 0.4) is 0 Å². The van der Waals surface area contributed by atoms with Gasteiger partial charge in [-0.1, -0.05) is 48.2 Å². The van der Waals surface area contributed by atoms with E-state index in [-0.39, 0.29) is 12.1 Å². The number of unbranched alkanes of at least 4 members (excludes halogenated alkanes) is 4. The minimum Gasteiger partial charge on any atom is -0.494 e. The first-order valence-corrected chi connectivity index (χ1v) is 9.42. The van der Waals surface area contributed by atoms with Gasteiger partial charge in [0.15, 0.2) is 0 Å². The molecule has 3 nitrogen and oxygen atoms in total. The fourth-order valence-electron chi connectivity index (χ4n) is 2.68. The van der Waals surface area contributed by atoms with Crippen LogP contribution in [0.4, 0.5) is 0 Å². The van der Waals surface area contributed by atoms with Gasteiger partial charge in [-0.3, -0.25) is 0 Å². The molecule has 0 bridgehead atoms. The van der Waals surface area contributed by atoms with Crippen molar-refractivity contribution in [1.82, 2.24) is 0 Å². The number of hydrogen-bond acceptors (Lipinski definition) is 3. The molecule has 1 aliphatic rings. The highest BCUT2D eigenvalue weighted by molar-refractivity contribution is 9.09. The summed E-state index contributed by atoms with van der Waals surface area (Å²) in [7, 11) is 0. The highest BCUT2D eigenvalue weighted by atomic mass is 79.9. The molecule has 1 aliphatic heterocycles. The van der Waals surface area contributed by atoms with Crippen LogP contribution >= 0.6 is 15.9 Å². The van der Waals surface area contributed by atoms with E-state index in [9.17, 15) is 4.79 Å². The Morgan fingerprint density at radius 2 is 2.00 bits per heavy atom. The maximum atomic E-state index is 12.0. The Morgan fingerprint density at radius 1 is 1.18 bits per heavy atom. The van der Waals surface area contributed by atoms with Crippen molar-refractivity contribution >= 4 is 21.9 Å². The summed E-state index contributed by atoms with van der Waals surface area (Å²) < 4.78 is 11.2. The smallest absolute Gasteiger partial charge is 0.339 e. The summed E-state index contributed by atoms with van der Waals surface area (Å²) in [5.74, 6) is 0.561. The third-order valence-electron chi connectivity index (χ3n) is 3.96. The zero-order valence-electron chi connectivity index (χ0n) is 13.3. The van der Waals surface area contributed by atoms with E-state index in [1.807, 2.05) is 18.2 Å². The van der Waals surface area contributed by atoms with Gasteiger partial charge in [-0.2, -0.15) is 0 Å². The molecule has 0 aliphatic carbocycles. The molecule has 1 aromatic rings. The molecule has 1 atom stereocenters. The topological polar surface area (TPSA) is 35.5 Å². The van der Waals surface area contributed by atoms with Crippen molar-refractivity contribution in [3.63, 3.8) is 0 Å². The molecule has 0 N–H and O–H groups in total. The first-order chi connectivity index (χ1) is 10.8. The van der Waals surface area contributed by atoms with Crippen LogP contribution in [0.1, 0.15) is 73.9 Å². The normalized spacial score (nSPS) is 16.5. The average molecular weight is 369 g/mol. The van der Waals surface area contributed by atoms with Crippen molar-refractivity contribution in [2.45, 2.75) is 58.0 Å². The molecule has 1 unspecified atom stereocenters. The van der Waals surface area contributed by atoms with Gasteiger partial charge in [-0.25, -0.2) is 4.79 Å². The molecule has 0 amide bonds. The highest BCUT2D eigenvalue weighted by Crippen LogP contribution is 2.36. The van der Waals surface area contributed by atoms with Gasteiger partial charge in [0.1, 0.15) is 11.9 Å². The molecule has 122 valence electrons. The predicted molar refractivity (Wildman–Crippen MR) is 91.9 cm³/mol. The summed E-state index contributed by atoms with van der Waals surface area (Å²) in [5.41, 5.74) is 1.70. The van der Waals surface area contributed by atoms with Crippen molar-refractivity contribution in [2.75, 3.05) is 11.9 Å². The van der Waals surface area contributed by atoms with Crippen molar-refractivity contribution in [1.29, 1.82) is 0 Å². The largest absolute Gasteiger partial charge is 0.494 e. The van der Waals surface area contributed by atoms with Crippen LogP contribution in [0.2, 0.25) is 0 Å². The van der Waals surface area contributed by atoms with E-state index in [0.717, 1.165) is 42.3 Å². The van der Waals surface area contributed by atoms with E-state index in [0.29, 0.717) is 12.2 Å². The van der Waals surface area contributed by atoms with E-state index < -0.39 is 0 Å². The van der Waals surface area contributed by atoms with E-state index in [4.69, 9.17) is 9.47 Å². The average Bonchev–Trinajstić information content (AvgIpc) is 2.85. The number of esters is 1. The molecular weight excluding hydrogens is 344 g/mol. The van der Waals surface area contributed by atoms with Crippen LogP contribution in [0.25, 0.3) is 0 Å². The molecule has 0 aromatic heterocycles. The highest BCUT2D eigenvalue weighted by Gasteiger charge is 2.30. The number of alkyl halides is 1. The molecule has 0 saturated carbocycles. The van der Waals surface area contributed by atoms with E-state index >= 15 is 0 Å². The summed E-state index contributed by atoms with van der Waals surface area (Å²) in [6.45, 7) is 2.85. The van der Waals surface area contributed by atoms with Crippen LogP contribution in [0, 0.1) is 0 Å². The maximum Gasteiger partial charge on any atom is 0.339 e. The molecule has 1 heterocycles. The van der Waals surface area contributed by atoms with Gasteiger partial charge in [-0.05, 0) is 37.8 Å².